The Hall–Kier alpha value is -2.38. The molecule has 0 atom stereocenters. The fourth-order valence-corrected chi connectivity index (χ4v) is 5.17. The molecule has 176 valence electrons. The maximum absolute atomic E-state index is 6.55. The average molecular weight is 516 g/mol. The normalized spacial score (nSPS) is 14.6. The molecule has 2 aromatic carbocycles. The van der Waals surface area contributed by atoms with Gasteiger partial charge in [0.1, 0.15) is 11.3 Å². The summed E-state index contributed by atoms with van der Waals surface area (Å²) in [6, 6.07) is 13.3. The number of piperidine rings is 1. The number of halogens is 3. The summed E-state index contributed by atoms with van der Waals surface area (Å²) in [5.74, 6) is 1.99. The van der Waals surface area contributed by atoms with Crippen LogP contribution in [0.25, 0.3) is 22.6 Å². The van der Waals surface area contributed by atoms with Crippen LogP contribution in [0, 0.1) is 5.92 Å². The van der Waals surface area contributed by atoms with Crippen molar-refractivity contribution in [3.63, 3.8) is 0 Å². The van der Waals surface area contributed by atoms with Crippen LogP contribution >= 0.6 is 34.8 Å². The first-order chi connectivity index (χ1) is 16.6. The van der Waals surface area contributed by atoms with E-state index in [0.717, 1.165) is 54.2 Å². The monoisotopic (exact) mass is 514 g/mol. The molecule has 1 aliphatic rings. The van der Waals surface area contributed by atoms with Crippen molar-refractivity contribution in [2.75, 3.05) is 18.4 Å². The summed E-state index contributed by atoms with van der Waals surface area (Å²) in [6.45, 7) is 3.39. The van der Waals surface area contributed by atoms with Crippen LogP contribution in [0.15, 0.2) is 48.7 Å². The van der Waals surface area contributed by atoms with E-state index in [-0.39, 0.29) is 0 Å². The maximum Gasteiger partial charge on any atom is 0.225 e. The number of aromatic nitrogens is 4. The zero-order valence-corrected chi connectivity index (χ0v) is 20.8. The van der Waals surface area contributed by atoms with E-state index in [9.17, 15) is 0 Å². The van der Waals surface area contributed by atoms with Gasteiger partial charge in [0.2, 0.25) is 5.95 Å². The Labute approximate surface area is 213 Å². The average Bonchev–Trinajstić information content (AvgIpc) is 3.21. The van der Waals surface area contributed by atoms with Crippen molar-refractivity contribution in [2.45, 2.75) is 32.4 Å². The Morgan fingerprint density at radius 3 is 2.44 bits per heavy atom. The topological polar surface area (TPSA) is 67.7 Å². The molecule has 0 aliphatic carbocycles. The lowest BCUT2D eigenvalue weighted by atomic mass is 9.95. The molecular weight excluding hydrogens is 491 g/mol. The summed E-state index contributed by atoms with van der Waals surface area (Å²) in [4.78, 5) is 14.2. The summed E-state index contributed by atoms with van der Waals surface area (Å²) < 4.78 is 2.17. The first kappa shape index (κ1) is 23.4. The van der Waals surface area contributed by atoms with E-state index in [0.29, 0.717) is 33.5 Å². The smallest absolute Gasteiger partial charge is 0.225 e. The van der Waals surface area contributed by atoms with Crippen molar-refractivity contribution in [3.05, 3.63) is 69.3 Å². The van der Waals surface area contributed by atoms with Gasteiger partial charge in [0.15, 0.2) is 5.65 Å². The summed E-state index contributed by atoms with van der Waals surface area (Å²) in [7, 11) is 0. The van der Waals surface area contributed by atoms with Gasteiger partial charge in [0.05, 0.1) is 11.2 Å². The minimum absolute atomic E-state index is 0.421. The van der Waals surface area contributed by atoms with Gasteiger partial charge in [-0.2, -0.15) is 4.98 Å². The van der Waals surface area contributed by atoms with E-state index in [4.69, 9.17) is 44.8 Å². The maximum atomic E-state index is 6.55. The summed E-state index contributed by atoms with van der Waals surface area (Å²) in [6.07, 6.45) is 5.19. The minimum Gasteiger partial charge on any atom is -0.350 e. The summed E-state index contributed by atoms with van der Waals surface area (Å²) >= 11 is 19.2. The van der Waals surface area contributed by atoms with Crippen LogP contribution in [0.4, 0.5) is 5.95 Å². The lowest BCUT2D eigenvalue weighted by Gasteiger charge is -2.23. The van der Waals surface area contributed by atoms with Crippen molar-refractivity contribution >= 4 is 51.9 Å². The quantitative estimate of drug-likeness (QED) is 0.296. The third kappa shape index (κ3) is 5.01. The molecule has 6 nitrogen and oxygen atoms in total. The molecule has 0 unspecified atom stereocenters. The molecule has 34 heavy (non-hydrogen) atoms. The third-order valence-corrected chi connectivity index (χ3v) is 7.34. The molecule has 5 rings (SSSR count). The van der Waals surface area contributed by atoms with Crippen molar-refractivity contribution in [2.24, 2.45) is 5.92 Å². The number of hydrogen-bond donors (Lipinski definition) is 2. The zero-order valence-electron chi connectivity index (χ0n) is 18.6. The number of aryl methyl sites for hydroxylation is 1. The molecule has 3 heterocycles. The number of anilines is 1. The van der Waals surface area contributed by atoms with Crippen molar-refractivity contribution < 1.29 is 0 Å². The van der Waals surface area contributed by atoms with Gasteiger partial charge in [0, 0.05) is 34.3 Å². The molecule has 0 radical (unpaired) electrons. The highest BCUT2D eigenvalue weighted by Gasteiger charge is 2.19. The van der Waals surface area contributed by atoms with Gasteiger partial charge in [-0.05, 0) is 62.5 Å². The van der Waals surface area contributed by atoms with Crippen molar-refractivity contribution in [3.8, 4) is 11.4 Å². The number of imidazole rings is 1. The molecule has 1 fully saturated rings. The Bertz CT molecular complexity index is 1280. The van der Waals surface area contributed by atoms with E-state index in [1.807, 2.05) is 42.5 Å². The molecule has 1 aliphatic heterocycles. The lowest BCUT2D eigenvalue weighted by Crippen LogP contribution is -2.28. The fraction of sp³-hybridized carbons (Fsp3) is 0.320. The Morgan fingerprint density at radius 2 is 1.68 bits per heavy atom. The van der Waals surface area contributed by atoms with Crippen LogP contribution in [0.3, 0.4) is 0 Å². The number of hydrogen-bond acceptors (Lipinski definition) is 5. The SMILES string of the molecule is Clc1ccccc1-c1nc2cnc(NCc3c(Cl)cccc3Cl)nc2n1CCC1CCNCC1. The molecule has 1 saturated heterocycles. The first-order valence-electron chi connectivity index (χ1n) is 11.5. The molecule has 0 saturated carbocycles. The van der Waals surface area contributed by atoms with Gasteiger partial charge >= 0.3 is 0 Å². The predicted octanol–water partition coefficient (Wildman–Crippen LogP) is 6.46. The summed E-state index contributed by atoms with van der Waals surface area (Å²) in [5, 5.41) is 8.58. The number of fused-ring (bicyclic) bond motifs is 1. The zero-order chi connectivity index (χ0) is 23.5. The van der Waals surface area contributed by atoms with Crippen LogP contribution in [0.2, 0.25) is 15.1 Å². The van der Waals surface area contributed by atoms with Gasteiger partial charge in [-0.25, -0.2) is 9.97 Å². The van der Waals surface area contributed by atoms with Crippen LogP contribution < -0.4 is 10.6 Å². The number of nitrogens with zero attached hydrogens (tertiary/aromatic N) is 4. The number of rotatable bonds is 7. The molecule has 0 bridgehead atoms. The largest absolute Gasteiger partial charge is 0.350 e. The van der Waals surface area contributed by atoms with Crippen LogP contribution in [0.5, 0.6) is 0 Å². The molecule has 4 aromatic rings. The molecular formula is C25H25Cl3N6. The minimum atomic E-state index is 0.421. The van der Waals surface area contributed by atoms with Crippen molar-refractivity contribution in [1.29, 1.82) is 0 Å². The Kier molecular flexibility index (Phi) is 7.21. The van der Waals surface area contributed by atoms with Gasteiger partial charge in [-0.15, -0.1) is 0 Å². The molecule has 9 heteroatoms. The number of nitrogens with one attached hydrogen (secondary N) is 2. The van der Waals surface area contributed by atoms with Gasteiger partial charge in [-0.3, -0.25) is 0 Å². The van der Waals surface area contributed by atoms with Crippen LogP contribution in [-0.4, -0.2) is 32.6 Å². The van der Waals surface area contributed by atoms with E-state index >= 15 is 0 Å². The van der Waals surface area contributed by atoms with E-state index in [2.05, 4.69) is 20.2 Å². The Balaban J connectivity index is 1.48. The standard InChI is InChI=1S/C25H25Cl3N6/c26-19-5-2-1-4-17(19)23-32-22-15-31-25(30-14-18-20(27)6-3-7-21(18)28)33-24(22)34(23)13-10-16-8-11-29-12-9-16/h1-7,15-16,29H,8-14H2,(H,30,31,33). The lowest BCUT2D eigenvalue weighted by molar-refractivity contribution is 0.339. The first-order valence-corrected chi connectivity index (χ1v) is 12.6. The highest BCUT2D eigenvalue weighted by atomic mass is 35.5. The van der Waals surface area contributed by atoms with Crippen molar-refractivity contribution in [1.82, 2.24) is 24.8 Å². The molecule has 2 N–H and O–H groups in total. The van der Waals surface area contributed by atoms with E-state index < -0.39 is 0 Å². The fourth-order valence-electron chi connectivity index (χ4n) is 4.41. The van der Waals surface area contributed by atoms with E-state index in [1.54, 1.807) is 6.20 Å². The highest BCUT2D eigenvalue weighted by Crippen LogP contribution is 2.31. The van der Waals surface area contributed by atoms with Crippen LogP contribution in [0.1, 0.15) is 24.8 Å². The van der Waals surface area contributed by atoms with Crippen LogP contribution in [-0.2, 0) is 13.1 Å². The molecule has 0 spiro atoms. The third-order valence-electron chi connectivity index (χ3n) is 6.31. The van der Waals surface area contributed by atoms with Gasteiger partial charge in [-0.1, -0.05) is 53.0 Å². The second-order valence-electron chi connectivity index (χ2n) is 8.51. The number of benzene rings is 2. The second kappa shape index (κ2) is 10.5. The Morgan fingerprint density at radius 1 is 0.941 bits per heavy atom. The highest BCUT2D eigenvalue weighted by molar-refractivity contribution is 6.36. The molecule has 0 amide bonds. The second-order valence-corrected chi connectivity index (χ2v) is 9.73. The predicted molar refractivity (Wildman–Crippen MR) is 140 cm³/mol. The summed E-state index contributed by atoms with van der Waals surface area (Å²) in [5.41, 5.74) is 3.23. The van der Waals surface area contributed by atoms with E-state index in [1.165, 1.54) is 12.8 Å². The molecule has 2 aromatic heterocycles. The van der Waals surface area contributed by atoms with Gasteiger partial charge < -0.3 is 15.2 Å². The van der Waals surface area contributed by atoms with Gasteiger partial charge in [0.25, 0.3) is 0 Å².